The van der Waals surface area contributed by atoms with Crippen LogP contribution in [-0.2, 0) is 0 Å². The second-order valence-corrected chi connectivity index (χ2v) is 6.20. The first kappa shape index (κ1) is 11.0. The Hall–Kier alpha value is -0.0800. The van der Waals surface area contributed by atoms with E-state index in [1.165, 1.54) is 64.8 Å². The molecular formula is C14H26N2. The summed E-state index contributed by atoms with van der Waals surface area (Å²) in [5.41, 5.74) is 0.745. The second-order valence-electron chi connectivity index (χ2n) is 6.20. The van der Waals surface area contributed by atoms with Crippen molar-refractivity contribution in [2.45, 2.75) is 39.0 Å². The van der Waals surface area contributed by atoms with Gasteiger partial charge in [0.25, 0.3) is 0 Å². The van der Waals surface area contributed by atoms with Crippen molar-refractivity contribution < 1.29 is 0 Å². The number of hydrogen-bond donors (Lipinski definition) is 1. The molecule has 0 aromatic rings. The first-order chi connectivity index (χ1) is 7.85. The molecule has 2 saturated heterocycles. The Morgan fingerprint density at radius 1 is 1.06 bits per heavy atom. The Labute approximate surface area is 99.8 Å². The number of rotatable bonds is 1. The van der Waals surface area contributed by atoms with Gasteiger partial charge >= 0.3 is 0 Å². The van der Waals surface area contributed by atoms with Gasteiger partial charge in [0.05, 0.1) is 0 Å². The predicted molar refractivity (Wildman–Crippen MR) is 67.5 cm³/mol. The number of hydrogen-bond acceptors (Lipinski definition) is 2. The molecule has 2 heterocycles. The smallest absolute Gasteiger partial charge is 0.00273 e. The topological polar surface area (TPSA) is 15.3 Å². The van der Waals surface area contributed by atoms with Gasteiger partial charge < -0.3 is 10.2 Å². The molecule has 2 aliphatic heterocycles. The standard InChI is InChI=1S/C14H26N2/c1-2-16-10-12-8-15-9-13(11-16)14(12)6-4-3-5-7-14/h12-13,15H,2-11H2,1H3. The van der Waals surface area contributed by atoms with Crippen molar-refractivity contribution in [2.24, 2.45) is 17.3 Å². The minimum atomic E-state index is 0.745. The maximum Gasteiger partial charge on any atom is 0.00273 e. The molecule has 2 bridgehead atoms. The zero-order chi connectivity index (χ0) is 11.0. The second kappa shape index (κ2) is 4.30. The molecule has 1 saturated carbocycles. The van der Waals surface area contributed by atoms with Crippen LogP contribution in [0.25, 0.3) is 0 Å². The first-order valence-electron chi connectivity index (χ1n) is 7.28. The van der Waals surface area contributed by atoms with E-state index in [1.807, 2.05) is 0 Å². The average Bonchev–Trinajstić information content (AvgIpc) is 2.30. The van der Waals surface area contributed by atoms with E-state index in [0.29, 0.717) is 0 Å². The molecule has 1 aliphatic carbocycles. The summed E-state index contributed by atoms with van der Waals surface area (Å²) in [6, 6.07) is 0. The van der Waals surface area contributed by atoms with Gasteiger partial charge in [0.1, 0.15) is 0 Å². The lowest BCUT2D eigenvalue weighted by Crippen LogP contribution is -2.62. The molecule has 3 rings (SSSR count). The van der Waals surface area contributed by atoms with Crippen molar-refractivity contribution in [3.05, 3.63) is 0 Å². The highest BCUT2D eigenvalue weighted by Crippen LogP contribution is 2.52. The quantitative estimate of drug-likeness (QED) is 0.731. The van der Waals surface area contributed by atoms with Gasteiger partial charge in [-0.2, -0.15) is 0 Å². The van der Waals surface area contributed by atoms with Crippen molar-refractivity contribution in [2.75, 3.05) is 32.7 Å². The SMILES string of the molecule is CCN1CC2CNCC(C1)C21CCCCC1. The molecule has 0 aromatic carbocycles. The molecule has 0 aromatic heterocycles. The van der Waals surface area contributed by atoms with E-state index in [4.69, 9.17) is 0 Å². The van der Waals surface area contributed by atoms with E-state index in [9.17, 15) is 0 Å². The molecule has 16 heavy (non-hydrogen) atoms. The van der Waals surface area contributed by atoms with Crippen LogP contribution >= 0.6 is 0 Å². The van der Waals surface area contributed by atoms with Gasteiger partial charge in [-0.15, -0.1) is 0 Å². The van der Waals surface area contributed by atoms with Crippen molar-refractivity contribution in [1.29, 1.82) is 0 Å². The minimum absolute atomic E-state index is 0.745. The van der Waals surface area contributed by atoms with Gasteiger partial charge in [0.2, 0.25) is 0 Å². The normalized spacial score (nSPS) is 38.8. The summed E-state index contributed by atoms with van der Waals surface area (Å²) in [7, 11) is 0. The Morgan fingerprint density at radius 3 is 2.25 bits per heavy atom. The van der Waals surface area contributed by atoms with Crippen LogP contribution in [-0.4, -0.2) is 37.6 Å². The molecule has 2 nitrogen and oxygen atoms in total. The predicted octanol–water partition coefficient (Wildman–Crippen LogP) is 2.11. The highest BCUT2D eigenvalue weighted by Gasteiger charge is 2.50. The van der Waals surface area contributed by atoms with Crippen LogP contribution in [0.5, 0.6) is 0 Å². The van der Waals surface area contributed by atoms with Crippen LogP contribution < -0.4 is 5.32 Å². The Kier molecular flexibility index (Phi) is 2.97. The Bertz CT molecular complexity index is 229. The lowest BCUT2D eigenvalue weighted by atomic mass is 9.55. The zero-order valence-electron chi connectivity index (χ0n) is 10.7. The fourth-order valence-electron chi connectivity index (χ4n) is 4.65. The van der Waals surface area contributed by atoms with Gasteiger partial charge in [0.15, 0.2) is 0 Å². The van der Waals surface area contributed by atoms with E-state index < -0.39 is 0 Å². The number of piperidine rings is 2. The highest BCUT2D eigenvalue weighted by atomic mass is 15.2. The molecule has 0 radical (unpaired) electrons. The van der Waals surface area contributed by atoms with E-state index in [1.54, 1.807) is 0 Å². The van der Waals surface area contributed by atoms with Gasteiger partial charge in [-0.3, -0.25) is 0 Å². The van der Waals surface area contributed by atoms with Gasteiger partial charge in [-0.05, 0) is 49.7 Å². The molecule has 1 spiro atoms. The van der Waals surface area contributed by atoms with Crippen molar-refractivity contribution in [3.8, 4) is 0 Å². The molecule has 2 unspecified atom stereocenters. The van der Waals surface area contributed by atoms with Gasteiger partial charge in [-0.1, -0.05) is 26.2 Å². The number of nitrogens with zero attached hydrogens (tertiary/aromatic N) is 1. The molecule has 0 amide bonds. The van der Waals surface area contributed by atoms with Crippen molar-refractivity contribution in [3.63, 3.8) is 0 Å². The van der Waals surface area contributed by atoms with Crippen LogP contribution in [0.1, 0.15) is 39.0 Å². The van der Waals surface area contributed by atoms with E-state index >= 15 is 0 Å². The number of nitrogens with one attached hydrogen (secondary N) is 1. The van der Waals surface area contributed by atoms with Crippen LogP contribution in [0.3, 0.4) is 0 Å². The maximum absolute atomic E-state index is 3.68. The largest absolute Gasteiger partial charge is 0.316 e. The summed E-state index contributed by atoms with van der Waals surface area (Å²) >= 11 is 0. The third kappa shape index (κ3) is 1.62. The molecule has 1 N–H and O–H groups in total. The molecule has 3 fully saturated rings. The fourth-order valence-corrected chi connectivity index (χ4v) is 4.65. The average molecular weight is 222 g/mol. The Balaban J connectivity index is 1.82. The molecule has 92 valence electrons. The van der Waals surface area contributed by atoms with Crippen molar-refractivity contribution >= 4 is 0 Å². The third-order valence-electron chi connectivity index (χ3n) is 5.60. The summed E-state index contributed by atoms with van der Waals surface area (Å²) in [5.74, 6) is 1.89. The fraction of sp³-hybridized carbons (Fsp3) is 1.00. The van der Waals surface area contributed by atoms with Crippen molar-refractivity contribution in [1.82, 2.24) is 10.2 Å². The lowest BCUT2D eigenvalue weighted by Gasteiger charge is -2.58. The minimum Gasteiger partial charge on any atom is -0.316 e. The van der Waals surface area contributed by atoms with Crippen LogP contribution in [0, 0.1) is 17.3 Å². The molecule has 2 atom stereocenters. The van der Waals surface area contributed by atoms with Crippen LogP contribution in [0.2, 0.25) is 0 Å². The van der Waals surface area contributed by atoms with E-state index in [2.05, 4.69) is 17.1 Å². The maximum atomic E-state index is 3.68. The summed E-state index contributed by atoms with van der Waals surface area (Å²) in [6.07, 6.45) is 7.55. The lowest BCUT2D eigenvalue weighted by molar-refractivity contribution is -0.0712. The number of likely N-dealkylation sites (tertiary alicyclic amines) is 1. The first-order valence-corrected chi connectivity index (χ1v) is 7.28. The van der Waals surface area contributed by atoms with E-state index in [0.717, 1.165) is 17.3 Å². The third-order valence-corrected chi connectivity index (χ3v) is 5.60. The van der Waals surface area contributed by atoms with E-state index in [-0.39, 0.29) is 0 Å². The molecule has 2 heteroatoms. The zero-order valence-corrected chi connectivity index (χ0v) is 10.7. The van der Waals surface area contributed by atoms with Crippen LogP contribution in [0.15, 0.2) is 0 Å². The summed E-state index contributed by atoms with van der Waals surface area (Å²) < 4.78 is 0. The highest BCUT2D eigenvalue weighted by molar-refractivity contribution is 5.03. The summed E-state index contributed by atoms with van der Waals surface area (Å²) in [5, 5.41) is 3.68. The van der Waals surface area contributed by atoms with Gasteiger partial charge in [0, 0.05) is 13.1 Å². The Morgan fingerprint density at radius 2 is 1.69 bits per heavy atom. The monoisotopic (exact) mass is 222 g/mol. The van der Waals surface area contributed by atoms with Crippen LogP contribution in [0.4, 0.5) is 0 Å². The summed E-state index contributed by atoms with van der Waals surface area (Å²) in [4.78, 5) is 2.69. The summed E-state index contributed by atoms with van der Waals surface area (Å²) in [6.45, 7) is 8.87. The molecular weight excluding hydrogens is 196 g/mol. The molecule has 3 aliphatic rings. The van der Waals surface area contributed by atoms with Gasteiger partial charge in [-0.25, -0.2) is 0 Å².